The second kappa shape index (κ2) is 7.28. The van der Waals surface area contributed by atoms with Crippen LogP contribution < -0.4 is 10.2 Å². The van der Waals surface area contributed by atoms with Crippen LogP contribution in [0.4, 0.5) is 11.4 Å². The van der Waals surface area contributed by atoms with Crippen molar-refractivity contribution in [1.82, 2.24) is 0 Å². The zero-order chi connectivity index (χ0) is 15.9. The number of likely N-dealkylation sites (N-methyl/N-ethyl adjacent to an activating group) is 1. The van der Waals surface area contributed by atoms with Gasteiger partial charge >= 0.3 is 0 Å². The first kappa shape index (κ1) is 15.6. The van der Waals surface area contributed by atoms with Crippen molar-refractivity contribution in [3.8, 4) is 6.07 Å². The normalized spacial score (nSPS) is 9.86. The van der Waals surface area contributed by atoms with Gasteiger partial charge in [0.25, 0.3) is 0 Å². The number of hydrogen-bond acceptors (Lipinski definition) is 3. The molecule has 2 aromatic rings. The minimum Gasteiger partial charge on any atom is -0.376 e. The third-order valence-corrected chi connectivity index (χ3v) is 3.37. The first-order valence-corrected chi connectivity index (χ1v) is 7.25. The summed E-state index contributed by atoms with van der Waals surface area (Å²) in [5.74, 6) is -0.00420. The van der Waals surface area contributed by atoms with Gasteiger partial charge in [0, 0.05) is 17.9 Å². The van der Waals surface area contributed by atoms with E-state index in [0.717, 1.165) is 16.9 Å². The Kier molecular flexibility index (Phi) is 5.16. The van der Waals surface area contributed by atoms with Crippen LogP contribution in [0.2, 0.25) is 0 Å². The van der Waals surface area contributed by atoms with E-state index in [1.165, 1.54) is 0 Å². The van der Waals surface area contributed by atoms with Crippen LogP contribution in [-0.4, -0.2) is 19.0 Å². The molecule has 0 radical (unpaired) electrons. The van der Waals surface area contributed by atoms with Crippen molar-refractivity contribution >= 4 is 17.3 Å². The lowest BCUT2D eigenvalue weighted by Crippen LogP contribution is -2.35. The zero-order valence-corrected chi connectivity index (χ0v) is 12.8. The molecule has 1 N–H and O–H groups in total. The number of nitriles is 1. The van der Waals surface area contributed by atoms with Gasteiger partial charge in [0.05, 0.1) is 18.2 Å². The van der Waals surface area contributed by atoms with Crippen molar-refractivity contribution in [2.24, 2.45) is 0 Å². The molecule has 0 aliphatic rings. The average Bonchev–Trinajstić information content (AvgIpc) is 2.54. The van der Waals surface area contributed by atoms with E-state index >= 15 is 0 Å². The van der Waals surface area contributed by atoms with Crippen LogP contribution in [0, 0.1) is 18.3 Å². The average molecular weight is 293 g/mol. The Morgan fingerprint density at radius 3 is 2.68 bits per heavy atom. The summed E-state index contributed by atoms with van der Waals surface area (Å²) in [7, 11) is 0. The molecule has 0 bridgehead atoms. The van der Waals surface area contributed by atoms with Gasteiger partial charge in [-0.3, -0.25) is 4.79 Å². The molecule has 4 nitrogen and oxygen atoms in total. The monoisotopic (exact) mass is 293 g/mol. The Morgan fingerprint density at radius 1 is 1.23 bits per heavy atom. The number of carbonyl (C=O) groups excluding carboxylic acids is 1. The van der Waals surface area contributed by atoms with E-state index in [0.29, 0.717) is 12.1 Å². The van der Waals surface area contributed by atoms with E-state index in [9.17, 15) is 4.79 Å². The highest BCUT2D eigenvalue weighted by molar-refractivity contribution is 5.96. The maximum atomic E-state index is 12.4. The number of aryl methyl sites for hydroxylation is 1. The van der Waals surface area contributed by atoms with Gasteiger partial charge in [0.1, 0.15) is 0 Å². The van der Waals surface area contributed by atoms with Crippen molar-refractivity contribution in [1.29, 1.82) is 5.26 Å². The predicted octanol–water partition coefficient (Wildman–Crippen LogP) is 3.33. The van der Waals surface area contributed by atoms with Crippen molar-refractivity contribution < 1.29 is 4.79 Å². The Bertz CT molecular complexity index is 703. The molecule has 0 aliphatic heterocycles. The maximum absolute atomic E-state index is 12.4. The maximum Gasteiger partial charge on any atom is 0.246 e. The summed E-state index contributed by atoms with van der Waals surface area (Å²) < 4.78 is 0. The molecule has 0 saturated heterocycles. The standard InChI is InChI=1S/C18H19N3O/c1-3-21(17-9-4-6-14(2)10-17)18(22)13-20-16-8-5-7-15(11-16)12-19/h4-11,20H,3,13H2,1-2H3. The molecule has 112 valence electrons. The minimum absolute atomic E-state index is 0.00420. The van der Waals surface area contributed by atoms with Crippen molar-refractivity contribution in [3.63, 3.8) is 0 Å². The second-order valence-corrected chi connectivity index (χ2v) is 5.02. The third kappa shape index (κ3) is 3.86. The summed E-state index contributed by atoms with van der Waals surface area (Å²) in [6.07, 6.45) is 0. The number of rotatable bonds is 5. The number of amides is 1. The fourth-order valence-corrected chi connectivity index (χ4v) is 2.27. The molecule has 0 fully saturated rings. The Hall–Kier alpha value is -2.80. The summed E-state index contributed by atoms with van der Waals surface area (Å²) in [5.41, 5.74) is 3.37. The Morgan fingerprint density at radius 2 is 2.00 bits per heavy atom. The summed E-state index contributed by atoms with van der Waals surface area (Å²) in [5, 5.41) is 12.0. The molecule has 4 heteroatoms. The highest BCUT2D eigenvalue weighted by Gasteiger charge is 2.13. The first-order chi connectivity index (χ1) is 10.6. The smallest absolute Gasteiger partial charge is 0.246 e. The molecule has 22 heavy (non-hydrogen) atoms. The second-order valence-electron chi connectivity index (χ2n) is 5.02. The summed E-state index contributed by atoms with van der Waals surface area (Å²) in [4.78, 5) is 14.2. The van der Waals surface area contributed by atoms with Gasteiger partial charge < -0.3 is 10.2 Å². The lowest BCUT2D eigenvalue weighted by atomic mass is 10.2. The molecular formula is C18H19N3O. The molecule has 0 saturated carbocycles. The fraction of sp³-hybridized carbons (Fsp3) is 0.222. The van der Waals surface area contributed by atoms with Crippen molar-refractivity contribution in [2.45, 2.75) is 13.8 Å². The molecule has 0 heterocycles. The number of carbonyl (C=O) groups is 1. The van der Waals surface area contributed by atoms with Gasteiger partial charge in [-0.2, -0.15) is 5.26 Å². The van der Waals surface area contributed by atoms with Crippen molar-refractivity contribution in [3.05, 3.63) is 59.7 Å². The minimum atomic E-state index is -0.00420. The molecule has 0 aromatic heterocycles. The molecule has 0 spiro atoms. The largest absolute Gasteiger partial charge is 0.376 e. The number of hydrogen-bond donors (Lipinski definition) is 1. The molecule has 0 aliphatic carbocycles. The van der Waals surface area contributed by atoms with E-state index in [1.807, 2.05) is 44.2 Å². The first-order valence-electron chi connectivity index (χ1n) is 7.25. The SMILES string of the molecule is CCN(C(=O)CNc1cccc(C#N)c1)c1cccc(C)c1. The topological polar surface area (TPSA) is 56.1 Å². The van der Waals surface area contributed by atoms with Gasteiger partial charge in [0.2, 0.25) is 5.91 Å². The van der Waals surface area contributed by atoms with Crippen LogP contribution in [-0.2, 0) is 4.79 Å². The molecular weight excluding hydrogens is 274 g/mol. The lowest BCUT2D eigenvalue weighted by Gasteiger charge is -2.22. The molecule has 2 rings (SSSR count). The molecule has 0 unspecified atom stereocenters. The van der Waals surface area contributed by atoms with Gasteiger partial charge in [0.15, 0.2) is 0 Å². The van der Waals surface area contributed by atoms with Gasteiger partial charge in [-0.05, 0) is 49.7 Å². The van der Waals surface area contributed by atoms with Gasteiger partial charge in [-0.15, -0.1) is 0 Å². The predicted molar refractivity (Wildman–Crippen MR) is 88.9 cm³/mol. The highest BCUT2D eigenvalue weighted by atomic mass is 16.2. The highest BCUT2D eigenvalue weighted by Crippen LogP contribution is 2.16. The van der Waals surface area contributed by atoms with Gasteiger partial charge in [-0.1, -0.05) is 18.2 Å². The number of nitrogens with zero attached hydrogens (tertiary/aromatic N) is 2. The van der Waals surface area contributed by atoms with Crippen LogP contribution in [0.5, 0.6) is 0 Å². The number of nitrogens with one attached hydrogen (secondary N) is 1. The zero-order valence-electron chi connectivity index (χ0n) is 12.8. The number of benzene rings is 2. The van der Waals surface area contributed by atoms with E-state index in [-0.39, 0.29) is 12.5 Å². The summed E-state index contributed by atoms with van der Waals surface area (Å²) in [6, 6.07) is 17.1. The van der Waals surface area contributed by atoms with Crippen LogP contribution in [0.15, 0.2) is 48.5 Å². The lowest BCUT2D eigenvalue weighted by molar-refractivity contribution is -0.116. The molecule has 0 atom stereocenters. The van der Waals surface area contributed by atoms with Gasteiger partial charge in [-0.25, -0.2) is 0 Å². The van der Waals surface area contributed by atoms with Crippen LogP contribution >= 0.6 is 0 Å². The van der Waals surface area contributed by atoms with E-state index in [2.05, 4.69) is 11.4 Å². The molecule has 1 amide bonds. The van der Waals surface area contributed by atoms with E-state index in [1.54, 1.807) is 23.1 Å². The van der Waals surface area contributed by atoms with E-state index < -0.39 is 0 Å². The quantitative estimate of drug-likeness (QED) is 0.920. The van der Waals surface area contributed by atoms with Crippen molar-refractivity contribution in [2.75, 3.05) is 23.3 Å². The van der Waals surface area contributed by atoms with E-state index in [4.69, 9.17) is 5.26 Å². The summed E-state index contributed by atoms with van der Waals surface area (Å²) in [6.45, 7) is 4.77. The Labute approximate surface area is 131 Å². The summed E-state index contributed by atoms with van der Waals surface area (Å²) >= 11 is 0. The Balaban J connectivity index is 2.05. The van der Waals surface area contributed by atoms with Crippen LogP contribution in [0.25, 0.3) is 0 Å². The van der Waals surface area contributed by atoms with Crippen LogP contribution in [0.1, 0.15) is 18.1 Å². The third-order valence-electron chi connectivity index (χ3n) is 3.37. The molecule has 2 aromatic carbocycles. The fourth-order valence-electron chi connectivity index (χ4n) is 2.27. The number of anilines is 2. The van der Waals surface area contributed by atoms with Crippen LogP contribution in [0.3, 0.4) is 0 Å².